The molecule has 1 aliphatic carbocycles. The number of benzene rings is 1. The molecule has 2 heterocycles. The van der Waals surface area contributed by atoms with E-state index in [9.17, 15) is 0 Å². The highest BCUT2D eigenvalue weighted by Gasteiger charge is 2.14. The quantitative estimate of drug-likeness (QED) is 0.722. The van der Waals surface area contributed by atoms with Gasteiger partial charge >= 0.3 is 0 Å². The van der Waals surface area contributed by atoms with Crippen molar-refractivity contribution in [2.75, 3.05) is 5.32 Å². The highest BCUT2D eigenvalue weighted by atomic mass is 35.5. The van der Waals surface area contributed by atoms with Crippen molar-refractivity contribution in [1.82, 2.24) is 20.2 Å². The van der Waals surface area contributed by atoms with Crippen molar-refractivity contribution in [1.29, 1.82) is 0 Å². The molecule has 0 spiro atoms. The fourth-order valence-electron chi connectivity index (χ4n) is 2.49. The van der Waals surface area contributed by atoms with Gasteiger partial charge in [0.1, 0.15) is 5.82 Å². The Balaban J connectivity index is 1.63. The largest absolute Gasteiger partial charge is 0.340 e. The van der Waals surface area contributed by atoms with E-state index < -0.39 is 0 Å². The molecule has 0 bridgehead atoms. The van der Waals surface area contributed by atoms with Crippen LogP contribution in [0, 0.1) is 0 Å². The van der Waals surface area contributed by atoms with Crippen molar-refractivity contribution in [2.45, 2.75) is 6.42 Å². The molecule has 4 rings (SSSR count). The average Bonchev–Trinajstić information content (AvgIpc) is 3.18. The van der Waals surface area contributed by atoms with Crippen LogP contribution in [0.2, 0.25) is 5.28 Å². The zero-order chi connectivity index (χ0) is 14.9. The molecule has 0 amide bonds. The van der Waals surface area contributed by atoms with E-state index in [-0.39, 0.29) is 5.28 Å². The lowest BCUT2D eigenvalue weighted by Crippen LogP contribution is -2.01. The van der Waals surface area contributed by atoms with Gasteiger partial charge in [-0.15, -0.1) is 0 Å². The molecular formula is C16H12ClN5. The molecule has 0 saturated heterocycles. The summed E-state index contributed by atoms with van der Waals surface area (Å²) in [6, 6.07) is 8.07. The first-order valence-corrected chi connectivity index (χ1v) is 7.26. The molecule has 22 heavy (non-hydrogen) atoms. The number of fused-ring (bicyclic) bond motifs is 1. The van der Waals surface area contributed by atoms with Gasteiger partial charge in [-0.2, -0.15) is 10.1 Å². The van der Waals surface area contributed by atoms with Gasteiger partial charge in [0, 0.05) is 29.4 Å². The number of rotatable bonds is 3. The van der Waals surface area contributed by atoms with Crippen molar-refractivity contribution in [3.63, 3.8) is 0 Å². The third-order valence-electron chi connectivity index (χ3n) is 3.57. The molecule has 0 fully saturated rings. The molecule has 108 valence electrons. The van der Waals surface area contributed by atoms with Crippen molar-refractivity contribution in [2.24, 2.45) is 0 Å². The first kappa shape index (κ1) is 13.0. The molecule has 5 nitrogen and oxygen atoms in total. The Bertz CT molecular complexity index is 838. The van der Waals surface area contributed by atoms with Crippen LogP contribution in [-0.4, -0.2) is 20.2 Å². The SMILES string of the molecule is Clc1nc2c(c(Nc3ccc(-c4cn[nH]c4)cc3)n1)C=CC2. The van der Waals surface area contributed by atoms with Crippen molar-refractivity contribution in [3.05, 3.63) is 59.3 Å². The number of aromatic nitrogens is 4. The molecular weight excluding hydrogens is 298 g/mol. The van der Waals surface area contributed by atoms with Crippen LogP contribution in [0.1, 0.15) is 11.3 Å². The summed E-state index contributed by atoms with van der Waals surface area (Å²) in [5.41, 5.74) is 5.07. The molecule has 0 saturated carbocycles. The zero-order valence-corrected chi connectivity index (χ0v) is 12.3. The van der Waals surface area contributed by atoms with E-state index in [0.29, 0.717) is 0 Å². The molecule has 2 N–H and O–H groups in total. The molecule has 6 heteroatoms. The van der Waals surface area contributed by atoms with Gasteiger partial charge in [-0.05, 0) is 29.3 Å². The van der Waals surface area contributed by atoms with Gasteiger partial charge in [-0.3, -0.25) is 5.10 Å². The first-order valence-electron chi connectivity index (χ1n) is 6.89. The number of hydrogen-bond donors (Lipinski definition) is 2. The average molecular weight is 310 g/mol. The summed E-state index contributed by atoms with van der Waals surface area (Å²) in [7, 11) is 0. The maximum atomic E-state index is 5.99. The molecule has 3 aromatic rings. The van der Waals surface area contributed by atoms with E-state index >= 15 is 0 Å². The Hall–Kier alpha value is -2.66. The van der Waals surface area contributed by atoms with Gasteiger partial charge in [0.05, 0.1) is 11.9 Å². The maximum Gasteiger partial charge on any atom is 0.224 e. The first-order chi connectivity index (χ1) is 10.8. The van der Waals surface area contributed by atoms with Crippen molar-refractivity contribution < 1.29 is 0 Å². The van der Waals surface area contributed by atoms with E-state index in [1.165, 1.54) is 0 Å². The summed E-state index contributed by atoms with van der Waals surface area (Å²) in [5, 5.41) is 10.3. The Morgan fingerprint density at radius 2 is 1.95 bits per heavy atom. The number of H-pyrrole nitrogens is 1. The molecule has 0 unspecified atom stereocenters. The van der Waals surface area contributed by atoms with Crippen LogP contribution in [0.3, 0.4) is 0 Å². The minimum atomic E-state index is 0.264. The van der Waals surface area contributed by atoms with Gasteiger partial charge in [-0.25, -0.2) is 4.98 Å². The van der Waals surface area contributed by atoms with Crippen LogP contribution in [0.25, 0.3) is 17.2 Å². The number of halogens is 1. The van der Waals surface area contributed by atoms with Crippen LogP contribution in [0.15, 0.2) is 42.7 Å². The fraction of sp³-hybridized carbons (Fsp3) is 0.0625. The minimum Gasteiger partial charge on any atom is -0.340 e. The topological polar surface area (TPSA) is 66.5 Å². The molecule has 0 radical (unpaired) electrons. The van der Waals surface area contributed by atoms with E-state index in [2.05, 4.69) is 31.6 Å². The second kappa shape index (κ2) is 5.27. The number of hydrogen-bond acceptors (Lipinski definition) is 4. The third-order valence-corrected chi connectivity index (χ3v) is 3.74. The van der Waals surface area contributed by atoms with E-state index in [0.717, 1.165) is 40.3 Å². The smallest absolute Gasteiger partial charge is 0.224 e. The molecule has 1 aromatic carbocycles. The Labute approximate surface area is 132 Å². The number of nitrogens with one attached hydrogen (secondary N) is 2. The Kier molecular flexibility index (Phi) is 3.12. The van der Waals surface area contributed by atoms with Gasteiger partial charge in [0.25, 0.3) is 0 Å². The van der Waals surface area contributed by atoms with Crippen LogP contribution >= 0.6 is 11.6 Å². The number of aromatic amines is 1. The maximum absolute atomic E-state index is 5.99. The molecule has 0 aliphatic heterocycles. The monoisotopic (exact) mass is 309 g/mol. The lowest BCUT2D eigenvalue weighted by atomic mass is 10.1. The highest BCUT2D eigenvalue weighted by Crippen LogP contribution is 2.29. The molecule has 2 aromatic heterocycles. The lowest BCUT2D eigenvalue weighted by Gasteiger charge is -2.10. The summed E-state index contributed by atoms with van der Waals surface area (Å²) in [4.78, 5) is 8.53. The number of nitrogens with zero attached hydrogens (tertiary/aromatic N) is 3. The standard InChI is InChI=1S/C16H12ClN5/c17-16-21-14-3-1-2-13(14)15(22-16)20-12-6-4-10(5-7-12)11-8-18-19-9-11/h1-2,4-9H,3H2,(H,18,19)(H,20,21,22). The summed E-state index contributed by atoms with van der Waals surface area (Å²) >= 11 is 5.99. The Morgan fingerprint density at radius 3 is 2.73 bits per heavy atom. The second-order valence-electron chi connectivity index (χ2n) is 5.00. The summed E-state index contributed by atoms with van der Waals surface area (Å²) in [5.74, 6) is 0.736. The Morgan fingerprint density at radius 1 is 1.09 bits per heavy atom. The van der Waals surface area contributed by atoms with Crippen LogP contribution in [0.4, 0.5) is 11.5 Å². The van der Waals surface area contributed by atoms with Crippen LogP contribution in [-0.2, 0) is 6.42 Å². The summed E-state index contributed by atoms with van der Waals surface area (Å²) < 4.78 is 0. The fourth-order valence-corrected chi connectivity index (χ4v) is 2.68. The zero-order valence-electron chi connectivity index (χ0n) is 11.5. The predicted molar refractivity (Wildman–Crippen MR) is 87.1 cm³/mol. The number of anilines is 2. The highest BCUT2D eigenvalue weighted by molar-refractivity contribution is 6.28. The molecule has 1 aliphatic rings. The minimum absolute atomic E-state index is 0.264. The predicted octanol–water partition coefficient (Wildman–Crippen LogP) is 3.83. The third kappa shape index (κ3) is 2.35. The summed E-state index contributed by atoms with van der Waals surface area (Å²) in [6.07, 6.45) is 8.54. The van der Waals surface area contributed by atoms with Gasteiger partial charge in [0.15, 0.2) is 0 Å². The van der Waals surface area contributed by atoms with Crippen LogP contribution < -0.4 is 5.32 Å². The van der Waals surface area contributed by atoms with Gasteiger partial charge in [-0.1, -0.05) is 24.3 Å². The molecule has 0 atom stereocenters. The second-order valence-corrected chi connectivity index (χ2v) is 5.34. The van der Waals surface area contributed by atoms with E-state index in [1.807, 2.05) is 36.5 Å². The van der Waals surface area contributed by atoms with E-state index in [1.54, 1.807) is 6.20 Å². The summed E-state index contributed by atoms with van der Waals surface area (Å²) in [6.45, 7) is 0. The van der Waals surface area contributed by atoms with Crippen molar-refractivity contribution in [3.8, 4) is 11.1 Å². The lowest BCUT2D eigenvalue weighted by molar-refractivity contribution is 1.06. The van der Waals surface area contributed by atoms with Crippen LogP contribution in [0.5, 0.6) is 0 Å². The normalized spacial score (nSPS) is 12.4. The number of allylic oxidation sites excluding steroid dienone is 1. The van der Waals surface area contributed by atoms with Crippen molar-refractivity contribution >= 4 is 29.2 Å². The van der Waals surface area contributed by atoms with Gasteiger partial charge in [0.2, 0.25) is 5.28 Å². The van der Waals surface area contributed by atoms with E-state index in [4.69, 9.17) is 11.6 Å². The van der Waals surface area contributed by atoms with Gasteiger partial charge < -0.3 is 5.32 Å².